The molecule has 3 aromatic carbocycles. The molecular weight excluding hydrogens is 516 g/mol. The molecule has 0 heterocycles. The van der Waals surface area contributed by atoms with Crippen molar-refractivity contribution in [1.82, 2.24) is 4.90 Å². The number of benzene rings is 3. The summed E-state index contributed by atoms with van der Waals surface area (Å²) in [6.45, 7) is 4.54. The fourth-order valence-corrected chi connectivity index (χ4v) is 4.85. The lowest BCUT2D eigenvalue weighted by molar-refractivity contribution is 0.0722. The minimum atomic E-state index is -4.25. The average molecular weight is 540 g/mol. The van der Waals surface area contributed by atoms with Gasteiger partial charge >= 0.3 is 10.1 Å². The van der Waals surface area contributed by atoms with E-state index in [1.807, 2.05) is 13.8 Å². The maximum atomic E-state index is 13.3. The molecule has 0 aliphatic rings. The van der Waals surface area contributed by atoms with Crippen molar-refractivity contribution in [2.75, 3.05) is 13.7 Å². The Hall–Kier alpha value is -2.81. The second-order valence-corrected chi connectivity index (χ2v) is 10.6. The van der Waals surface area contributed by atoms with Crippen molar-refractivity contribution in [3.63, 3.8) is 0 Å². The van der Waals surface area contributed by atoms with E-state index in [2.05, 4.69) is 0 Å². The molecule has 0 saturated heterocycles. The largest absolute Gasteiger partial charge is 0.493 e. The lowest BCUT2D eigenvalue weighted by Gasteiger charge is -2.25. The van der Waals surface area contributed by atoms with Crippen molar-refractivity contribution >= 4 is 39.2 Å². The molecule has 0 fully saturated rings. The molecule has 1 amide bonds. The van der Waals surface area contributed by atoms with Crippen molar-refractivity contribution in [3.8, 4) is 11.5 Å². The molecule has 0 spiro atoms. The summed E-state index contributed by atoms with van der Waals surface area (Å²) in [7, 11) is -2.87. The Kier molecular flexibility index (Phi) is 8.64. The number of carbonyl (C=O) groups is 1. The van der Waals surface area contributed by atoms with E-state index < -0.39 is 15.9 Å². The van der Waals surface area contributed by atoms with Crippen LogP contribution in [-0.4, -0.2) is 32.9 Å². The Morgan fingerprint density at radius 1 is 0.971 bits per heavy atom. The molecule has 0 unspecified atom stereocenters. The van der Waals surface area contributed by atoms with E-state index in [0.717, 1.165) is 24.3 Å². The van der Waals surface area contributed by atoms with Gasteiger partial charge in [0.05, 0.1) is 7.11 Å². The number of ether oxygens (including phenoxy) is 1. The van der Waals surface area contributed by atoms with E-state index in [4.69, 9.17) is 32.1 Å². The third-order valence-electron chi connectivity index (χ3n) is 4.89. The van der Waals surface area contributed by atoms with E-state index >= 15 is 0 Å². The summed E-state index contributed by atoms with van der Waals surface area (Å²) in [5, 5.41) is 0.688. The summed E-state index contributed by atoms with van der Waals surface area (Å²) in [5.41, 5.74) is 0.948. The molecule has 0 radical (unpaired) electrons. The summed E-state index contributed by atoms with van der Waals surface area (Å²) in [6, 6.07) is 13.7. The van der Waals surface area contributed by atoms with E-state index in [1.165, 1.54) is 13.2 Å². The molecule has 0 bridgehead atoms. The molecule has 0 saturated carbocycles. The van der Waals surface area contributed by atoms with Crippen LogP contribution in [0.1, 0.15) is 29.8 Å². The van der Waals surface area contributed by atoms with Crippen LogP contribution in [-0.2, 0) is 16.7 Å². The molecule has 186 valence electrons. The van der Waals surface area contributed by atoms with E-state index in [1.54, 1.807) is 35.2 Å². The Balaban J connectivity index is 1.92. The number of carbonyl (C=O) groups excluding carboxylic acids is 1. The molecule has 6 nitrogen and oxygen atoms in total. The molecule has 10 heteroatoms. The second-order valence-electron chi connectivity index (χ2n) is 8.21. The van der Waals surface area contributed by atoms with Gasteiger partial charge < -0.3 is 13.8 Å². The first kappa shape index (κ1) is 26.8. The summed E-state index contributed by atoms with van der Waals surface area (Å²) in [5.74, 6) is -0.568. The standard InChI is InChI=1S/C25H24Cl2FNO5S/c1-16(2)14-29(25(30)18-11-19(26)13-20(27)12-18)15-17-4-9-23(33-3)24(10-17)34-35(31,32)22-7-5-21(28)6-8-22/h4-13,16H,14-15H2,1-3H3. The van der Waals surface area contributed by atoms with Crippen LogP contribution in [0.3, 0.4) is 0 Å². The maximum absolute atomic E-state index is 13.3. The van der Waals surface area contributed by atoms with Crippen molar-refractivity contribution < 1.29 is 26.5 Å². The van der Waals surface area contributed by atoms with Gasteiger partial charge in [0.2, 0.25) is 0 Å². The topological polar surface area (TPSA) is 72.9 Å². The van der Waals surface area contributed by atoms with E-state index in [0.29, 0.717) is 27.7 Å². The van der Waals surface area contributed by atoms with Crippen LogP contribution < -0.4 is 8.92 Å². The zero-order chi connectivity index (χ0) is 25.8. The van der Waals surface area contributed by atoms with Crippen LogP contribution in [0.4, 0.5) is 4.39 Å². The number of methoxy groups -OCH3 is 1. The zero-order valence-corrected chi connectivity index (χ0v) is 21.6. The van der Waals surface area contributed by atoms with Crippen LogP contribution >= 0.6 is 23.2 Å². The van der Waals surface area contributed by atoms with E-state index in [-0.39, 0.29) is 34.8 Å². The number of nitrogens with zero attached hydrogens (tertiary/aromatic N) is 1. The summed E-state index contributed by atoms with van der Waals surface area (Å²) in [6.07, 6.45) is 0. The fourth-order valence-electron chi connectivity index (χ4n) is 3.39. The number of amides is 1. The van der Waals surface area contributed by atoms with Gasteiger partial charge in [-0.05, 0) is 66.1 Å². The summed E-state index contributed by atoms with van der Waals surface area (Å²) >= 11 is 12.2. The first-order valence-corrected chi connectivity index (χ1v) is 12.8. The Bertz CT molecular complexity index is 1290. The highest BCUT2D eigenvalue weighted by Gasteiger charge is 2.22. The first-order valence-electron chi connectivity index (χ1n) is 10.6. The third-order valence-corrected chi connectivity index (χ3v) is 6.57. The summed E-state index contributed by atoms with van der Waals surface area (Å²) < 4.78 is 49.2. The van der Waals surface area contributed by atoms with Gasteiger partial charge in [0.25, 0.3) is 5.91 Å². The fraction of sp³-hybridized carbons (Fsp3) is 0.240. The highest BCUT2D eigenvalue weighted by Crippen LogP contribution is 2.32. The van der Waals surface area contributed by atoms with E-state index in [9.17, 15) is 17.6 Å². The minimum absolute atomic E-state index is 0.0583. The molecule has 0 aliphatic carbocycles. The van der Waals surface area contributed by atoms with Crippen LogP contribution in [0.5, 0.6) is 11.5 Å². The lowest BCUT2D eigenvalue weighted by atomic mass is 10.1. The van der Waals surface area contributed by atoms with Crippen LogP contribution in [0, 0.1) is 11.7 Å². The number of hydrogen-bond acceptors (Lipinski definition) is 5. The van der Waals surface area contributed by atoms with Gasteiger partial charge in [-0.15, -0.1) is 0 Å². The smallest absolute Gasteiger partial charge is 0.339 e. The molecular formula is C25H24Cl2FNO5S. The van der Waals surface area contributed by atoms with Crippen LogP contribution in [0.15, 0.2) is 65.6 Å². The molecule has 3 rings (SSSR count). The molecule has 0 aliphatic heterocycles. The number of rotatable bonds is 9. The third kappa shape index (κ3) is 7.10. The molecule has 0 atom stereocenters. The van der Waals surface area contributed by atoms with Gasteiger partial charge in [0, 0.05) is 28.7 Å². The van der Waals surface area contributed by atoms with Crippen molar-refractivity contribution in [2.24, 2.45) is 5.92 Å². The number of halogens is 3. The predicted molar refractivity (Wildman–Crippen MR) is 133 cm³/mol. The quantitative estimate of drug-likeness (QED) is 0.302. The second kappa shape index (κ2) is 11.3. The zero-order valence-electron chi connectivity index (χ0n) is 19.3. The normalized spacial score (nSPS) is 11.4. The van der Waals surface area contributed by atoms with Gasteiger partial charge in [-0.25, -0.2) is 4.39 Å². The molecule has 0 aromatic heterocycles. The lowest BCUT2D eigenvalue weighted by Crippen LogP contribution is -2.33. The number of hydrogen-bond donors (Lipinski definition) is 0. The Labute approximate surface area is 214 Å². The predicted octanol–water partition coefficient (Wildman–Crippen LogP) is 6.21. The molecule has 0 N–H and O–H groups in total. The van der Waals surface area contributed by atoms with Gasteiger partial charge in [-0.2, -0.15) is 8.42 Å². The van der Waals surface area contributed by atoms with Crippen molar-refractivity contribution in [1.29, 1.82) is 0 Å². The first-order chi connectivity index (χ1) is 16.5. The summed E-state index contributed by atoms with van der Waals surface area (Å²) in [4.78, 5) is 14.7. The van der Waals surface area contributed by atoms with Gasteiger partial charge in [0.15, 0.2) is 11.5 Å². The minimum Gasteiger partial charge on any atom is -0.493 e. The Morgan fingerprint density at radius 2 is 1.60 bits per heavy atom. The van der Waals surface area contributed by atoms with Crippen LogP contribution in [0.25, 0.3) is 0 Å². The monoisotopic (exact) mass is 539 g/mol. The Morgan fingerprint density at radius 3 is 2.17 bits per heavy atom. The van der Waals surface area contributed by atoms with Crippen molar-refractivity contribution in [3.05, 3.63) is 87.7 Å². The molecule has 3 aromatic rings. The van der Waals surface area contributed by atoms with Crippen molar-refractivity contribution in [2.45, 2.75) is 25.3 Å². The van der Waals surface area contributed by atoms with Gasteiger partial charge in [0.1, 0.15) is 10.7 Å². The SMILES string of the molecule is COc1ccc(CN(CC(C)C)C(=O)c2cc(Cl)cc(Cl)c2)cc1OS(=O)(=O)c1ccc(F)cc1. The average Bonchev–Trinajstić information content (AvgIpc) is 2.77. The van der Waals surface area contributed by atoms with Gasteiger partial charge in [-0.3, -0.25) is 4.79 Å². The maximum Gasteiger partial charge on any atom is 0.339 e. The highest BCUT2D eigenvalue weighted by molar-refractivity contribution is 7.87. The van der Waals surface area contributed by atoms with Crippen LogP contribution in [0.2, 0.25) is 10.0 Å². The highest BCUT2D eigenvalue weighted by atomic mass is 35.5. The molecule has 35 heavy (non-hydrogen) atoms. The van der Waals surface area contributed by atoms with Gasteiger partial charge in [-0.1, -0.05) is 43.1 Å².